The summed E-state index contributed by atoms with van der Waals surface area (Å²) in [6, 6.07) is 9.86. The highest BCUT2D eigenvalue weighted by Gasteiger charge is 2.31. The van der Waals surface area contributed by atoms with Gasteiger partial charge in [-0.1, -0.05) is 43.7 Å². The molecule has 1 atom stereocenters. The zero-order valence-electron chi connectivity index (χ0n) is 15.8. The van der Waals surface area contributed by atoms with E-state index in [4.69, 9.17) is 0 Å². The van der Waals surface area contributed by atoms with Crippen molar-refractivity contribution >= 4 is 17.9 Å². The molecule has 0 aliphatic carbocycles. The fourth-order valence-electron chi connectivity index (χ4n) is 4.04. The second kappa shape index (κ2) is 9.02. The number of amides is 2. The SMILES string of the molecule is CC[C@@H]1CCCN(C(=O)C2CCN(C(=O)/C=C/c3ccccc3)CC2)C1. The van der Waals surface area contributed by atoms with Crippen LogP contribution in [0.1, 0.15) is 44.6 Å². The molecule has 2 saturated heterocycles. The summed E-state index contributed by atoms with van der Waals surface area (Å²) in [5.41, 5.74) is 1.03. The first-order valence-electron chi connectivity index (χ1n) is 9.98. The smallest absolute Gasteiger partial charge is 0.246 e. The van der Waals surface area contributed by atoms with Crippen molar-refractivity contribution in [1.29, 1.82) is 0 Å². The molecule has 2 amide bonds. The largest absolute Gasteiger partial charge is 0.342 e. The van der Waals surface area contributed by atoms with E-state index in [1.165, 1.54) is 6.42 Å². The average Bonchev–Trinajstić information content (AvgIpc) is 2.72. The maximum atomic E-state index is 12.8. The van der Waals surface area contributed by atoms with Crippen LogP contribution in [0.5, 0.6) is 0 Å². The maximum Gasteiger partial charge on any atom is 0.246 e. The molecule has 0 bridgehead atoms. The van der Waals surface area contributed by atoms with Crippen LogP contribution in [-0.2, 0) is 9.59 Å². The summed E-state index contributed by atoms with van der Waals surface area (Å²) in [7, 11) is 0. The zero-order valence-corrected chi connectivity index (χ0v) is 15.8. The van der Waals surface area contributed by atoms with Crippen LogP contribution >= 0.6 is 0 Å². The summed E-state index contributed by atoms with van der Waals surface area (Å²) in [5, 5.41) is 0. The first kappa shape index (κ1) is 18.7. The van der Waals surface area contributed by atoms with Crippen molar-refractivity contribution in [2.24, 2.45) is 11.8 Å². The van der Waals surface area contributed by atoms with Crippen molar-refractivity contribution in [3.05, 3.63) is 42.0 Å². The fourth-order valence-corrected chi connectivity index (χ4v) is 4.04. The first-order chi connectivity index (χ1) is 12.7. The van der Waals surface area contributed by atoms with Crippen LogP contribution in [0.15, 0.2) is 36.4 Å². The van der Waals surface area contributed by atoms with Gasteiger partial charge in [0, 0.05) is 38.2 Å². The van der Waals surface area contributed by atoms with E-state index in [0.717, 1.165) is 44.3 Å². The molecule has 4 heteroatoms. The zero-order chi connectivity index (χ0) is 18.4. The Bertz CT molecular complexity index is 633. The van der Waals surface area contributed by atoms with Crippen LogP contribution in [0, 0.1) is 11.8 Å². The predicted molar refractivity (Wildman–Crippen MR) is 104 cm³/mol. The van der Waals surface area contributed by atoms with Gasteiger partial charge >= 0.3 is 0 Å². The first-order valence-corrected chi connectivity index (χ1v) is 9.98. The van der Waals surface area contributed by atoms with Gasteiger partial charge in [-0.05, 0) is 43.2 Å². The molecule has 4 nitrogen and oxygen atoms in total. The average molecular weight is 354 g/mol. The van der Waals surface area contributed by atoms with E-state index in [1.54, 1.807) is 6.08 Å². The molecule has 0 aromatic heterocycles. The van der Waals surface area contributed by atoms with Crippen molar-refractivity contribution in [2.75, 3.05) is 26.2 Å². The predicted octanol–water partition coefficient (Wildman–Crippen LogP) is 3.59. The minimum absolute atomic E-state index is 0.0452. The molecule has 0 N–H and O–H groups in total. The van der Waals surface area contributed by atoms with Crippen molar-refractivity contribution in [3.63, 3.8) is 0 Å². The quantitative estimate of drug-likeness (QED) is 0.776. The molecule has 0 radical (unpaired) electrons. The minimum atomic E-state index is 0.0452. The lowest BCUT2D eigenvalue weighted by Crippen LogP contribution is -2.47. The van der Waals surface area contributed by atoms with E-state index in [0.29, 0.717) is 24.9 Å². The normalized spacial score (nSPS) is 22.0. The van der Waals surface area contributed by atoms with Gasteiger partial charge in [-0.25, -0.2) is 0 Å². The number of hydrogen-bond acceptors (Lipinski definition) is 2. The van der Waals surface area contributed by atoms with Gasteiger partial charge in [0.25, 0.3) is 0 Å². The van der Waals surface area contributed by atoms with Crippen molar-refractivity contribution in [3.8, 4) is 0 Å². The molecule has 2 aliphatic heterocycles. The fraction of sp³-hybridized carbons (Fsp3) is 0.545. The van der Waals surface area contributed by atoms with Gasteiger partial charge < -0.3 is 9.80 Å². The Labute approximate surface area is 156 Å². The molecule has 2 fully saturated rings. The Morgan fingerprint density at radius 2 is 1.77 bits per heavy atom. The van der Waals surface area contributed by atoms with Gasteiger partial charge in [-0.2, -0.15) is 0 Å². The lowest BCUT2D eigenvalue weighted by atomic mass is 9.91. The number of benzene rings is 1. The van der Waals surface area contributed by atoms with Crippen molar-refractivity contribution in [2.45, 2.75) is 39.0 Å². The maximum absolute atomic E-state index is 12.8. The third-order valence-corrected chi connectivity index (χ3v) is 5.78. The number of rotatable bonds is 4. The Kier molecular flexibility index (Phi) is 6.48. The molecule has 0 spiro atoms. The van der Waals surface area contributed by atoms with Gasteiger partial charge in [-0.15, -0.1) is 0 Å². The molecule has 1 aromatic carbocycles. The summed E-state index contributed by atoms with van der Waals surface area (Å²) in [5.74, 6) is 1.11. The van der Waals surface area contributed by atoms with E-state index < -0.39 is 0 Å². The topological polar surface area (TPSA) is 40.6 Å². The van der Waals surface area contributed by atoms with E-state index in [-0.39, 0.29) is 11.8 Å². The van der Waals surface area contributed by atoms with Gasteiger partial charge in [0.1, 0.15) is 0 Å². The van der Waals surface area contributed by atoms with E-state index in [2.05, 4.69) is 11.8 Å². The molecule has 26 heavy (non-hydrogen) atoms. The summed E-state index contributed by atoms with van der Waals surface area (Å²) in [6.07, 6.45) is 8.62. The molecule has 1 aromatic rings. The molecule has 2 aliphatic rings. The highest BCUT2D eigenvalue weighted by Crippen LogP contribution is 2.25. The Balaban J connectivity index is 1.48. The van der Waals surface area contributed by atoms with E-state index >= 15 is 0 Å². The second-order valence-corrected chi connectivity index (χ2v) is 7.54. The molecule has 3 rings (SSSR count). The van der Waals surface area contributed by atoms with Crippen LogP contribution in [0.4, 0.5) is 0 Å². The molecule has 0 saturated carbocycles. The third kappa shape index (κ3) is 4.75. The highest BCUT2D eigenvalue weighted by atomic mass is 16.2. The number of piperidine rings is 2. The highest BCUT2D eigenvalue weighted by molar-refractivity contribution is 5.92. The molecule has 0 unspecified atom stereocenters. The lowest BCUT2D eigenvalue weighted by Gasteiger charge is -2.37. The van der Waals surface area contributed by atoms with Crippen LogP contribution < -0.4 is 0 Å². The number of carbonyl (C=O) groups is 2. The lowest BCUT2D eigenvalue weighted by molar-refractivity contribution is -0.141. The van der Waals surface area contributed by atoms with Crippen molar-refractivity contribution in [1.82, 2.24) is 9.80 Å². The Morgan fingerprint density at radius 3 is 2.46 bits per heavy atom. The van der Waals surface area contributed by atoms with E-state index in [9.17, 15) is 9.59 Å². The second-order valence-electron chi connectivity index (χ2n) is 7.54. The summed E-state index contributed by atoms with van der Waals surface area (Å²) in [4.78, 5) is 29.1. The summed E-state index contributed by atoms with van der Waals surface area (Å²) < 4.78 is 0. The van der Waals surface area contributed by atoms with Gasteiger partial charge in [-0.3, -0.25) is 9.59 Å². The van der Waals surface area contributed by atoms with Crippen LogP contribution in [0.2, 0.25) is 0 Å². The Hall–Kier alpha value is -2.10. The number of hydrogen-bond donors (Lipinski definition) is 0. The van der Waals surface area contributed by atoms with Crippen LogP contribution in [0.3, 0.4) is 0 Å². The van der Waals surface area contributed by atoms with Gasteiger partial charge in [0.2, 0.25) is 11.8 Å². The van der Waals surface area contributed by atoms with Gasteiger partial charge in [0.15, 0.2) is 0 Å². The molecular formula is C22H30N2O2. The standard InChI is InChI=1S/C22H30N2O2/c1-2-18-9-6-14-24(17-18)22(26)20-12-15-23(16-13-20)21(25)11-10-19-7-4-3-5-8-19/h3-5,7-8,10-11,18,20H,2,6,9,12-17H2,1H3/b11-10+/t18-/m1/s1. The van der Waals surface area contributed by atoms with Gasteiger partial charge in [0.05, 0.1) is 0 Å². The monoisotopic (exact) mass is 354 g/mol. The molecule has 140 valence electrons. The number of nitrogens with zero attached hydrogens (tertiary/aromatic N) is 2. The van der Waals surface area contributed by atoms with E-state index in [1.807, 2.05) is 41.3 Å². The number of likely N-dealkylation sites (tertiary alicyclic amines) is 2. The summed E-state index contributed by atoms with van der Waals surface area (Å²) in [6.45, 7) is 5.41. The van der Waals surface area contributed by atoms with Crippen LogP contribution in [0.25, 0.3) is 6.08 Å². The Morgan fingerprint density at radius 1 is 1.04 bits per heavy atom. The van der Waals surface area contributed by atoms with Crippen molar-refractivity contribution < 1.29 is 9.59 Å². The minimum Gasteiger partial charge on any atom is -0.342 e. The molecular weight excluding hydrogens is 324 g/mol. The van der Waals surface area contributed by atoms with Crippen LogP contribution in [-0.4, -0.2) is 47.8 Å². The third-order valence-electron chi connectivity index (χ3n) is 5.78. The summed E-state index contributed by atoms with van der Waals surface area (Å²) >= 11 is 0. The number of carbonyl (C=O) groups excluding carboxylic acids is 2. The molecule has 2 heterocycles.